The second-order valence-corrected chi connectivity index (χ2v) is 6.68. The first-order chi connectivity index (χ1) is 12.1. The molecule has 0 spiro atoms. The zero-order valence-electron chi connectivity index (χ0n) is 15.2. The summed E-state index contributed by atoms with van der Waals surface area (Å²) in [4.78, 5) is 9.92. The number of thiazole rings is 1. The molecule has 0 fully saturated rings. The fraction of sp³-hybridized carbons (Fsp3) is 0.444. The second kappa shape index (κ2) is 9.88. The van der Waals surface area contributed by atoms with Crippen LogP contribution in [-0.2, 0) is 13.0 Å². The van der Waals surface area contributed by atoms with Crippen molar-refractivity contribution in [2.24, 2.45) is 4.99 Å². The Bertz CT molecular complexity index is 670. The average molecular weight is 362 g/mol. The van der Waals surface area contributed by atoms with Gasteiger partial charge in [-0.25, -0.2) is 4.98 Å². The fourth-order valence-corrected chi connectivity index (χ4v) is 2.94. The molecule has 25 heavy (non-hydrogen) atoms. The van der Waals surface area contributed by atoms with Crippen LogP contribution in [0, 0.1) is 0 Å². The quantitative estimate of drug-likeness (QED) is 0.558. The van der Waals surface area contributed by atoms with Crippen LogP contribution in [-0.4, -0.2) is 37.7 Å². The molecular formula is C18H26N4O2S. The molecule has 7 heteroatoms. The molecule has 1 unspecified atom stereocenters. The summed E-state index contributed by atoms with van der Waals surface area (Å²) >= 11 is 1.72. The molecule has 6 nitrogen and oxygen atoms in total. The molecule has 2 N–H and O–H groups in total. The number of aryl methyl sites for hydroxylation is 1. The van der Waals surface area contributed by atoms with Gasteiger partial charge >= 0.3 is 0 Å². The first-order valence-corrected chi connectivity index (χ1v) is 9.15. The van der Waals surface area contributed by atoms with E-state index in [1.807, 2.05) is 37.4 Å². The molecule has 0 bridgehead atoms. The summed E-state index contributed by atoms with van der Waals surface area (Å²) in [6, 6.07) is 7.56. The largest absolute Gasteiger partial charge is 0.497 e. The van der Waals surface area contributed by atoms with E-state index in [9.17, 15) is 0 Å². The van der Waals surface area contributed by atoms with E-state index in [1.165, 1.54) is 4.88 Å². The predicted octanol–water partition coefficient (Wildman–Crippen LogP) is 2.85. The smallest absolute Gasteiger partial charge is 0.191 e. The summed E-state index contributed by atoms with van der Waals surface area (Å²) in [6.45, 7) is 5.45. The van der Waals surface area contributed by atoms with Gasteiger partial charge in [-0.1, -0.05) is 6.92 Å². The lowest BCUT2D eigenvalue weighted by Crippen LogP contribution is -2.41. The maximum Gasteiger partial charge on any atom is 0.191 e. The molecule has 2 aromatic rings. The van der Waals surface area contributed by atoms with Crippen molar-refractivity contribution in [1.82, 2.24) is 15.6 Å². The van der Waals surface area contributed by atoms with Crippen molar-refractivity contribution in [3.8, 4) is 11.5 Å². The van der Waals surface area contributed by atoms with Gasteiger partial charge in [-0.15, -0.1) is 11.3 Å². The van der Waals surface area contributed by atoms with E-state index < -0.39 is 0 Å². The average Bonchev–Trinajstić information content (AvgIpc) is 3.10. The van der Waals surface area contributed by atoms with E-state index in [2.05, 4.69) is 27.5 Å². The molecule has 2 rings (SSSR count). The topological polar surface area (TPSA) is 67.8 Å². The van der Waals surface area contributed by atoms with Gasteiger partial charge in [0, 0.05) is 18.1 Å². The number of ether oxygens (including phenoxy) is 2. The Morgan fingerprint density at radius 3 is 2.56 bits per heavy atom. The van der Waals surface area contributed by atoms with Gasteiger partial charge in [0.15, 0.2) is 5.96 Å². The van der Waals surface area contributed by atoms with Crippen molar-refractivity contribution in [3.63, 3.8) is 0 Å². The molecule has 0 aliphatic heterocycles. The van der Waals surface area contributed by atoms with Gasteiger partial charge in [0.25, 0.3) is 0 Å². The van der Waals surface area contributed by atoms with Crippen molar-refractivity contribution in [1.29, 1.82) is 0 Å². The van der Waals surface area contributed by atoms with Crippen LogP contribution in [0.15, 0.2) is 35.5 Å². The van der Waals surface area contributed by atoms with E-state index in [-0.39, 0.29) is 6.10 Å². The van der Waals surface area contributed by atoms with E-state index >= 15 is 0 Å². The van der Waals surface area contributed by atoms with E-state index in [0.717, 1.165) is 28.9 Å². The third-order valence-electron chi connectivity index (χ3n) is 3.53. The van der Waals surface area contributed by atoms with Gasteiger partial charge < -0.3 is 20.1 Å². The molecule has 136 valence electrons. The summed E-state index contributed by atoms with van der Waals surface area (Å²) < 4.78 is 11.0. The number of nitrogens with zero attached hydrogens (tertiary/aromatic N) is 2. The van der Waals surface area contributed by atoms with Crippen molar-refractivity contribution in [2.75, 3.05) is 20.7 Å². The minimum absolute atomic E-state index is 0.00139. The molecule has 1 aromatic carbocycles. The summed E-state index contributed by atoms with van der Waals surface area (Å²) in [5.41, 5.74) is 0. The summed E-state index contributed by atoms with van der Waals surface area (Å²) in [5.74, 6) is 2.36. The molecule has 0 aliphatic rings. The highest BCUT2D eigenvalue weighted by Crippen LogP contribution is 2.18. The molecule has 1 aromatic heterocycles. The standard InChI is InChI=1S/C18H26N4O2S/c1-5-16-11-20-17(25-16)12-22-18(19-3)21-10-13(2)24-15-8-6-14(23-4)7-9-15/h6-9,11,13H,5,10,12H2,1-4H3,(H2,19,21,22). The number of rotatable bonds is 8. The van der Waals surface area contributed by atoms with Gasteiger partial charge in [0.05, 0.1) is 20.2 Å². The number of aromatic nitrogens is 1. The van der Waals surface area contributed by atoms with Crippen LogP contribution >= 0.6 is 11.3 Å². The Labute approximate surface area is 153 Å². The highest BCUT2D eigenvalue weighted by atomic mass is 32.1. The number of guanidine groups is 1. The van der Waals surface area contributed by atoms with Gasteiger partial charge in [-0.05, 0) is 37.6 Å². The van der Waals surface area contributed by atoms with Crippen LogP contribution in [0.25, 0.3) is 0 Å². The first kappa shape index (κ1) is 19.1. The zero-order chi connectivity index (χ0) is 18.1. The highest BCUT2D eigenvalue weighted by Gasteiger charge is 2.07. The molecule has 1 heterocycles. The Balaban J connectivity index is 1.75. The maximum atomic E-state index is 5.88. The zero-order valence-corrected chi connectivity index (χ0v) is 16.0. The van der Waals surface area contributed by atoms with Crippen LogP contribution in [0.2, 0.25) is 0 Å². The Morgan fingerprint density at radius 1 is 1.24 bits per heavy atom. The minimum atomic E-state index is -0.00139. The van der Waals surface area contributed by atoms with Gasteiger partial charge in [0.2, 0.25) is 0 Å². The van der Waals surface area contributed by atoms with E-state index in [1.54, 1.807) is 25.5 Å². The predicted molar refractivity (Wildman–Crippen MR) is 103 cm³/mol. The fourth-order valence-electron chi connectivity index (χ4n) is 2.14. The molecule has 0 radical (unpaired) electrons. The van der Waals surface area contributed by atoms with Crippen molar-refractivity contribution in [2.45, 2.75) is 32.9 Å². The van der Waals surface area contributed by atoms with Crippen LogP contribution < -0.4 is 20.1 Å². The number of nitrogens with one attached hydrogen (secondary N) is 2. The number of hydrogen-bond donors (Lipinski definition) is 2. The number of aliphatic imine (C=N–C) groups is 1. The monoisotopic (exact) mass is 362 g/mol. The molecular weight excluding hydrogens is 336 g/mol. The van der Waals surface area contributed by atoms with Crippen LogP contribution in [0.1, 0.15) is 23.7 Å². The van der Waals surface area contributed by atoms with E-state index in [0.29, 0.717) is 13.1 Å². The number of methoxy groups -OCH3 is 1. The molecule has 1 atom stereocenters. The maximum absolute atomic E-state index is 5.88. The second-order valence-electron chi connectivity index (χ2n) is 5.48. The molecule has 0 aliphatic carbocycles. The van der Waals surface area contributed by atoms with Crippen LogP contribution in [0.5, 0.6) is 11.5 Å². The lowest BCUT2D eigenvalue weighted by molar-refractivity contribution is 0.223. The first-order valence-electron chi connectivity index (χ1n) is 8.33. The van der Waals surface area contributed by atoms with Crippen molar-refractivity contribution in [3.05, 3.63) is 40.3 Å². The summed E-state index contributed by atoms with van der Waals surface area (Å²) in [5, 5.41) is 7.60. The Morgan fingerprint density at radius 2 is 1.96 bits per heavy atom. The molecule has 0 saturated heterocycles. The molecule has 0 amide bonds. The highest BCUT2D eigenvalue weighted by molar-refractivity contribution is 7.11. The Hall–Kier alpha value is -2.28. The van der Waals surface area contributed by atoms with E-state index in [4.69, 9.17) is 9.47 Å². The van der Waals surface area contributed by atoms with Gasteiger partial charge in [-0.2, -0.15) is 0 Å². The number of benzene rings is 1. The third kappa shape index (κ3) is 6.26. The Kier molecular flexibility index (Phi) is 7.53. The van der Waals surface area contributed by atoms with Gasteiger partial charge in [0.1, 0.15) is 22.6 Å². The third-order valence-corrected chi connectivity index (χ3v) is 4.68. The van der Waals surface area contributed by atoms with Gasteiger partial charge in [-0.3, -0.25) is 4.99 Å². The lowest BCUT2D eigenvalue weighted by Gasteiger charge is -2.17. The number of hydrogen-bond acceptors (Lipinski definition) is 5. The normalized spacial score (nSPS) is 12.6. The van der Waals surface area contributed by atoms with Crippen LogP contribution in [0.4, 0.5) is 0 Å². The van der Waals surface area contributed by atoms with Crippen molar-refractivity contribution < 1.29 is 9.47 Å². The molecule has 0 saturated carbocycles. The lowest BCUT2D eigenvalue weighted by atomic mass is 10.3. The summed E-state index contributed by atoms with van der Waals surface area (Å²) in [7, 11) is 3.40. The minimum Gasteiger partial charge on any atom is -0.497 e. The SMILES string of the molecule is CCc1cnc(CNC(=NC)NCC(C)Oc2ccc(OC)cc2)s1. The summed E-state index contributed by atoms with van der Waals surface area (Å²) in [6.07, 6.45) is 2.95. The van der Waals surface area contributed by atoms with Crippen LogP contribution in [0.3, 0.4) is 0 Å². The van der Waals surface area contributed by atoms with Crippen molar-refractivity contribution >= 4 is 17.3 Å².